The van der Waals surface area contributed by atoms with Crippen molar-refractivity contribution in [2.45, 2.75) is 9.79 Å². The van der Waals surface area contributed by atoms with Gasteiger partial charge in [-0.2, -0.15) is 0 Å². The van der Waals surface area contributed by atoms with Crippen LogP contribution in [0.2, 0.25) is 0 Å². The fourth-order valence-electron chi connectivity index (χ4n) is 2.28. The first-order chi connectivity index (χ1) is 16.2. The number of hydrogen-bond acceptors (Lipinski definition) is 12. The zero-order chi connectivity index (χ0) is 24.6. The Morgan fingerprint density at radius 2 is 0.811 bits per heavy atom. The SMILES string of the molecule is N.N.Nc1ccc(S(=O)(=O)[N-]c2ncccn2)cc1.Nc1ccc(S(=O)(=O)[N-]c2ncccn2)cc1.[Cu+2]. The van der Waals surface area contributed by atoms with Gasteiger partial charge in [0.25, 0.3) is 0 Å². The molecule has 0 aliphatic carbocycles. The smallest absolute Gasteiger partial charge is 0.399 e. The Labute approximate surface area is 225 Å². The molecule has 0 unspecified atom stereocenters. The first-order valence-corrected chi connectivity index (χ1v) is 12.2. The van der Waals surface area contributed by atoms with Gasteiger partial charge in [-0.05, 0) is 73.3 Å². The van der Waals surface area contributed by atoms with E-state index in [1.807, 2.05) is 0 Å². The number of sulfonamides is 2. The summed E-state index contributed by atoms with van der Waals surface area (Å²) < 4.78 is 54.3. The molecule has 10 N–H and O–H groups in total. The molecular weight excluding hydrogens is 572 g/mol. The van der Waals surface area contributed by atoms with Crippen molar-refractivity contribution in [2.75, 3.05) is 11.5 Å². The summed E-state index contributed by atoms with van der Waals surface area (Å²) in [5.41, 5.74) is 11.9. The minimum absolute atomic E-state index is 0. The van der Waals surface area contributed by atoms with E-state index in [0.29, 0.717) is 11.4 Å². The molecule has 0 amide bonds. The summed E-state index contributed by atoms with van der Waals surface area (Å²) in [6.07, 6.45) is 5.68. The van der Waals surface area contributed by atoms with Crippen molar-refractivity contribution in [3.8, 4) is 0 Å². The number of nitrogens with zero attached hydrogens (tertiary/aromatic N) is 6. The fraction of sp³-hybridized carbons (Fsp3) is 0. The van der Waals surface area contributed by atoms with Crippen LogP contribution in [0.15, 0.2) is 95.2 Å². The largest absolute Gasteiger partial charge is 2.00 e. The van der Waals surface area contributed by atoms with Crippen LogP contribution in [-0.4, -0.2) is 36.8 Å². The van der Waals surface area contributed by atoms with E-state index in [9.17, 15) is 16.8 Å². The molecule has 0 saturated heterocycles. The molecule has 2 heterocycles. The Hall–Kier alpha value is -3.86. The number of nitrogens with two attached hydrogens (primary N) is 2. The first-order valence-electron chi connectivity index (χ1n) is 9.37. The second-order valence-corrected chi connectivity index (χ2v) is 9.58. The summed E-state index contributed by atoms with van der Waals surface area (Å²) in [7, 11) is -7.57. The Bertz CT molecular complexity index is 1320. The van der Waals surface area contributed by atoms with Gasteiger partial charge in [-0.1, -0.05) is 12.1 Å². The maximum absolute atomic E-state index is 11.8. The predicted octanol–water partition coefficient (Wildman–Crippen LogP) is 3.23. The summed E-state index contributed by atoms with van der Waals surface area (Å²) in [5.74, 6) is -0.186. The molecule has 2 aromatic heterocycles. The van der Waals surface area contributed by atoms with Crippen LogP contribution in [0.5, 0.6) is 0 Å². The van der Waals surface area contributed by atoms with Gasteiger partial charge in [0.1, 0.15) is 0 Å². The van der Waals surface area contributed by atoms with Gasteiger partial charge >= 0.3 is 17.1 Å². The van der Waals surface area contributed by atoms with Crippen LogP contribution in [0.25, 0.3) is 9.44 Å². The third-order valence-electron chi connectivity index (χ3n) is 3.86. The molecule has 0 fully saturated rings. The normalized spacial score (nSPS) is 10.2. The molecule has 201 valence electrons. The molecule has 0 bridgehead atoms. The molecule has 2 aromatic carbocycles. The second-order valence-electron chi connectivity index (χ2n) is 6.37. The third-order valence-corrected chi connectivity index (χ3v) is 6.41. The van der Waals surface area contributed by atoms with Crippen LogP contribution in [0.3, 0.4) is 0 Å². The number of aromatic nitrogens is 4. The Morgan fingerprint density at radius 1 is 0.541 bits per heavy atom. The maximum atomic E-state index is 11.8. The Kier molecular flexibility index (Phi) is 13.1. The molecule has 17 heteroatoms. The average molecular weight is 596 g/mol. The van der Waals surface area contributed by atoms with Gasteiger partial charge in [-0.3, -0.25) is 9.44 Å². The average Bonchev–Trinajstić information content (AvgIpc) is 2.81. The van der Waals surface area contributed by atoms with Crippen molar-refractivity contribution in [1.29, 1.82) is 0 Å². The number of nitrogen functional groups attached to an aromatic ring is 2. The fourth-order valence-corrected chi connectivity index (χ4v) is 4.07. The van der Waals surface area contributed by atoms with Gasteiger partial charge in [-0.15, -0.1) is 0 Å². The molecule has 14 nitrogen and oxygen atoms in total. The molecule has 37 heavy (non-hydrogen) atoms. The number of benzene rings is 2. The summed E-state index contributed by atoms with van der Waals surface area (Å²) in [4.78, 5) is 15.0. The predicted molar refractivity (Wildman–Crippen MR) is 136 cm³/mol. The van der Waals surface area contributed by atoms with Crippen molar-refractivity contribution in [1.82, 2.24) is 32.2 Å². The summed E-state index contributed by atoms with van der Waals surface area (Å²) >= 11 is 0. The van der Waals surface area contributed by atoms with Gasteiger partial charge < -0.3 is 43.7 Å². The summed E-state index contributed by atoms with van der Waals surface area (Å²) in [5, 5.41) is 0. The molecule has 0 saturated carbocycles. The van der Waals surface area contributed by atoms with Crippen molar-refractivity contribution in [3.63, 3.8) is 0 Å². The second kappa shape index (κ2) is 14.6. The van der Waals surface area contributed by atoms with Gasteiger partial charge in [-0.25, -0.2) is 16.8 Å². The van der Waals surface area contributed by atoms with Gasteiger partial charge in [0.05, 0.1) is 9.79 Å². The molecule has 4 rings (SSSR count). The number of anilines is 2. The first kappa shape index (κ1) is 33.1. The minimum Gasteiger partial charge on any atom is -0.399 e. The number of hydrogen-bond donors (Lipinski definition) is 4. The quantitative estimate of drug-likeness (QED) is 0.184. The van der Waals surface area contributed by atoms with Crippen LogP contribution in [-0.2, 0) is 37.1 Å². The van der Waals surface area contributed by atoms with E-state index in [0.717, 1.165) is 0 Å². The molecule has 0 aliphatic heterocycles. The monoisotopic (exact) mass is 595 g/mol. The van der Waals surface area contributed by atoms with Crippen molar-refractivity contribution in [2.24, 2.45) is 0 Å². The standard InChI is InChI=1S/2C10H9N4O2S.Cu.2H3N/c2*11-8-2-4-9(5-3-8)17(15,16)14-10-12-6-1-7-13-10;;;/h2*1-7H,11H2;;2*1H3/q2*-1;+2;;. The zero-order valence-corrected chi connectivity index (χ0v) is 21.7. The van der Waals surface area contributed by atoms with Crippen LogP contribution in [0.1, 0.15) is 0 Å². The minimum atomic E-state index is -3.79. The van der Waals surface area contributed by atoms with Crippen molar-refractivity contribution in [3.05, 3.63) is 94.9 Å². The summed E-state index contributed by atoms with van der Waals surface area (Å²) in [6.45, 7) is 0. The van der Waals surface area contributed by atoms with E-state index in [2.05, 4.69) is 29.4 Å². The van der Waals surface area contributed by atoms with Gasteiger partial charge in [0, 0.05) is 23.3 Å². The molecule has 1 radical (unpaired) electrons. The van der Waals surface area contributed by atoms with Gasteiger partial charge in [0.15, 0.2) is 0 Å². The van der Waals surface area contributed by atoms with E-state index in [1.54, 1.807) is 12.1 Å². The van der Waals surface area contributed by atoms with Crippen LogP contribution < -0.4 is 23.8 Å². The van der Waals surface area contributed by atoms with E-state index in [1.165, 1.54) is 73.3 Å². The van der Waals surface area contributed by atoms with Gasteiger partial charge in [0.2, 0.25) is 20.0 Å². The van der Waals surface area contributed by atoms with Crippen molar-refractivity contribution < 1.29 is 33.9 Å². The van der Waals surface area contributed by atoms with Crippen LogP contribution in [0, 0.1) is 0 Å². The topological polar surface area (TPSA) is 270 Å². The van der Waals surface area contributed by atoms with E-state index in [4.69, 9.17) is 11.5 Å². The Balaban J connectivity index is 0.000000648. The van der Waals surface area contributed by atoms with Crippen molar-refractivity contribution >= 4 is 43.3 Å². The molecule has 4 aromatic rings. The summed E-state index contributed by atoms with van der Waals surface area (Å²) in [6, 6.07) is 14.7. The molecule has 0 atom stereocenters. The molecule has 0 spiro atoms. The maximum Gasteiger partial charge on any atom is 2.00 e. The molecule has 0 aliphatic rings. The Morgan fingerprint density at radius 3 is 1.08 bits per heavy atom. The zero-order valence-electron chi connectivity index (χ0n) is 19.1. The van der Waals surface area contributed by atoms with E-state index in [-0.39, 0.29) is 51.1 Å². The molecular formula is C20H24CuN10O4S2. The van der Waals surface area contributed by atoms with Crippen LogP contribution in [0.4, 0.5) is 23.3 Å². The third kappa shape index (κ3) is 9.96. The number of rotatable bonds is 6. The van der Waals surface area contributed by atoms with Crippen LogP contribution >= 0.6 is 0 Å². The van der Waals surface area contributed by atoms with E-state index >= 15 is 0 Å². The van der Waals surface area contributed by atoms with E-state index < -0.39 is 20.0 Å².